The fraction of sp³-hybridized carbons (Fsp3) is 0.500. The highest BCUT2D eigenvalue weighted by atomic mass is 32.1. The number of rotatable bonds is 4. The number of nitrogens with one attached hydrogen (secondary N) is 2. The summed E-state index contributed by atoms with van der Waals surface area (Å²) in [6.07, 6.45) is 2.91. The van der Waals surface area contributed by atoms with Crippen molar-refractivity contribution in [2.45, 2.75) is 33.7 Å². The molecule has 134 valence electrons. The van der Waals surface area contributed by atoms with Gasteiger partial charge in [-0.05, 0) is 49.5 Å². The quantitative estimate of drug-likeness (QED) is 0.812. The Balaban J connectivity index is 1.65. The molecule has 2 aromatic rings. The van der Waals surface area contributed by atoms with E-state index in [4.69, 9.17) is 16.6 Å². The first-order chi connectivity index (χ1) is 12.0. The van der Waals surface area contributed by atoms with Crippen molar-refractivity contribution in [3.8, 4) is 0 Å². The van der Waals surface area contributed by atoms with Crippen molar-refractivity contribution in [3.63, 3.8) is 0 Å². The molecule has 0 amide bonds. The van der Waals surface area contributed by atoms with Crippen molar-refractivity contribution >= 4 is 29.1 Å². The van der Waals surface area contributed by atoms with Crippen molar-refractivity contribution in [3.05, 3.63) is 35.9 Å². The van der Waals surface area contributed by atoms with Crippen molar-refractivity contribution in [1.29, 1.82) is 0 Å². The molecule has 0 saturated carbocycles. The maximum absolute atomic E-state index is 5.33. The molecule has 1 aliphatic heterocycles. The molecule has 2 aromatic heterocycles. The second kappa shape index (κ2) is 7.82. The molecule has 0 aliphatic carbocycles. The predicted octanol–water partition coefficient (Wildman–Crippen LogP) is 3.35. The molecule has 6 nitrogen and oxygen atoms in total. The Bertz CT molecular complexity index is 708. The molecule has 0 spiro atoms. The number of piperidine rings is 1. The Kier molecular flexibility index (Phi) is 5.53. The van der Waals surface area contributed by atoms with E-state index in [1.807, 2.05) is 25.1 Å². The Hall–Kier alpha value is -2.15. The van der Waals surface area contributed by atoms with E-state index in [1.165, 1.54) is 6.42 Å². The summed E-state index contributed by atoms with van der Waals surface area (Å²) in [7, 11) is 0. The SMILES string of the molecule is Cc1cc(N2C[C@H](C)C[C@H](C)C2)nc(NC(=S)NCc2ccco2)n1. The van der Waals surface area contributed by atoms with Gasteiger partial charge >= 0.3 is 0 Å². The molecule has 0 bridgehead atoms. The summed E-state index contributed by atoms with van der Waals surface area (Å²) in [5.74, 6) is 3.66. The van der Waals surface area contributed by atoms with Gasteiger partial charge in [0.05, 0.1) is 12.8 Å². The first-order valence-corrected chi connectivity index (χ1v) is 9.08. The first-order valence-electron chi connectivity index (χ1n) is 8.67. The highest BCUT2D eigenvalue weighted by Gasteiger charge is 2.23. The lowest BCUT2D eigenvalue weighted by atomic mass is 9.92. The average molecular weight is 359 g/mol. The summed E-state index contributed by atoms with van der Waals surface area (Å²) >= 11 is 5.33. The minimum Gasteiger partial charge on any atom is -0.467 e. The number of nitrogens with zero attached hydrogens (tertiary/aromatic N) is 3. The van der Waals surface area contributed by atoms with E-state index in [0.717, 1.165) is 30.4 Å². The van der Waals surface area contributed by atoms with E-state index < -0.39 is 0 Å². The second-order valence-corrected chi connectivity index (χ2v) is 7.34. The van der Waals surface area contributed by atoms with E-state index in [0.29, 0.717) is 29.4 Å². The molecule has 1 fully saturated rings. The summed E-state index contributed by atoms with van der Waals surface area (Å²) in [4.78, 5) is 11.5. The van der Waals surface area contributed by atoms with Crippen molar-refractivity contribution in [2.24, 2.45) is 11.8 Å². The van der Waals surface area contributed by atoms with Crippen LogP contribution in [0.5, 0.6) is 0 Å². The molecule has 0 aromatic carbocycles. The number of furan rings is 1. The lowest BCUT2D eigenvalue weighted by Crippen LogP contribution is -2.39. The molecular weight excluding hydrogens is 334 g/mol. The van der Waals surface area contributed by atoms with Gasteiger partial charge in [-0.15, -0.1) is 0 Å². The molecule has 0 unspecified atom stereocenters. The number of aryl methyl sites for hydroxylation is 1. The van der Waals surface area contributed by atoms with Crippen molar-refractivity contribution in [2.75, 3.05) is 23.3 Å². The number of aromatic nitrogens is 2. The molecule has 7 heteroatoms. The zero-order valence-corrected chi connectivity index (χ0v) is 15.8. The van der Waals surface area contributed by atoms with Gasteiger partial charge in [-0.3, -0.25) is 0 Å². The normalized spacial score (nSPS) is 20.4. The highest BCUT2D eigenvalue weighted by Crippen LogP contribution is 2.25. The number of thiocarbonyl (C=S) groups is 1. The Labute approximate surface area is 154 Å². The Morgan fingerprint density at radius 2 is 2.08 bits per heavy atom. The van der Waals surface area contributed by atoms with E-state index in [-0.39, 0.29) is 0 Å². The topological polar surface area (TPSA) is 66.2 Å². The van der Waals surface area contributed by atoms with Crippen molar-refractivity contribution < 1.29 is 4.42 Å². The molecule has 3 rings (SSSR count). The zero-order chi connectivity index (χ0) is 17.8. The van der Waals surface area contributed by atoms with E-state index >= 15 is 0 Å². The lowest BCUT2D eigenvalue weighted by Gasteiger charge is -2.36. The number of hydrogen-bond acceptors (Lipinski definition) is 5. The van der Waals surface area contributed by atoms with E-state index in [1.54, 1.807) is 6.26 Å². The maximum Gasteiger partial charge on any atom is 0.231 e. The van der Waals surface area contributed by atoms with Gasteiger partial charge in [0.25, 0.3) is 0 Å². The van der Waals surface area contributed by atoms with Gasteiger partial charge in [-0.2, -0.15) is 4.98 Å². The van der Waals surface area contributed by atoms with E-state index in [2.05, 4.69) is 39.3 Å². The molecule has 25 heavy (non-hydrogen) atoms. The summed E-state index contributed by atoms with van der Waals surface area (Å²) in [5.41, 5.74) is 0.923. The van der Waals surface area contributed by atoms with Gasteiger partial charge in [0.1, 0.15) is 11.6 Å². The zero-order valence-electron chi connectivity index (χ0n) is 15.0. The largest absolute Gasteiger partial charge is 0.467 e. The Morgan fingerprint density at radius 1 is 1.32 bits per heavy atom. The minimum atomic E-state index is 0.480. The van der Waals surface area contributed by atoms with Gasteiger partial charge in [0.15, 0.2) is 5.11 Å². The van der Waals surface area contributed by atoms with Crippen LogP contribution in [0.4, 0.5) is 11.8 Å². The molecule has 1 saturated heterocycles. The van der Waals surface area contributed by atoms with Crippen LogP contribution in [0.2, 0.25) is 0 Å². The first kappa shape index (κ1) is 17.7. The maximum atomic E-state index is 5.33. The van der Waals surface area contributed by atoms with Crippen LogP contribution in [0.15, 0.2) is 28.9 Å². The third-order valence-corrected chi connectivity index (χ3v) is 4.51. The fourth-order valence-electron chi connectivity index (χ4n) is 3.35. The second-order valence-electron chi connectivity index (χ2n) is 6.93. The van der Waals surface area contributed by atoms with Gasteiger partial charge in [0.2, 0.25) is 5.95 Å². The van der Waals surface area contributed by atoms with Crippen LogP contribution < -0.4 is 15.5 Å². The molecule has 2 atom stereocenters. The molecule has 0 radical (unpaired) electrons. The standard InChI is InChI=1S/C18H25N5OS/c1-12-7-13(2)11-23(10-12)16-8-14(3)20-17(21-16)22-18(25)19-9-15-5-4-6-24-15/h4-6,8,12-13H,7,9-11H2,1-3H3,(H2,19,20,21,22,25)/t12-,13+. The number of hydrogen-bond donors (Lipinski definition) is 2. The fourth-order valence-corrected chi connectivity index (χ4v) is 3.51. The third kappa shape index (κ3) is 4.92. The van der Waals surface area contributed by atoms with Crippen LogP contribution in [-0.2, 0) is 6.54 Å². The highest BCUT2D eigenvalue weighted by molar-refractivity contribution is 7.80. The predicted molar refractivity (Wildman–Crippen MR) is 104 cm³/mol. The molecule has 3 heterocycles. The molecule has 1 aliphatic rings. The van der Waals surface area contributed by atoms with Crippen LogP contribution in [-0.4, -0.2) is 28.2 Å². The third-order valence-electron chi connectivity index (χ3n) is 4.26. The van der Waals surface area contributed by atoms with Crippen LogP contribution >= 0.6 is 12.2 Å². The van der Waals surface area contributed by atoms with Gasteiger partial charge in [-0.25, -0.2) is 4.98 Å². The summed E-state index contributed by atoms with van der Waals surface area (Å²) in [6, 6.07) is 5.79. The van der Waals surface area contributed by atoms with Crippen LogP contribution in [0.1, 0.15) is 31.7 Å². The summed E-state index contributed by atoms with van der Waals surface area (Å²) < 4.78 is 5.28. The monoisotopic (exact) mass is 359 g/mol. The average Bonchev–Trinajstić information content (AvgIpc) is 3.05. The van der Waals surface area contributed by atoms with Gasteiger partial charge < -0.3 is 20.0 Å². The minimum absolute atomic E-state index is 0.480. The summed E-state index contributed by atoms with van der Waals surface area (Å²) in [6.45, 7) is 9.15. The smallest absolute Gasteiger partial charge is 0.231 e. The van der Waals surface area contributed by atoms with Crippen LogP contribution in [0.3, 0.4) is 0 Å². The van der Waals surface area contributed by atoms with Crippen molar-refractivity contribution in [1.82, 2.24) is 15.3 Å². The van der Waals surface area contributed by atoms with E-state index in [9.17, 15) is 0 Å². The molecule has 2 N–H and O–H groups in total. The molecular formula is C18H25N5OS. The summed E-state index contributed by atoms with van der Waals surface area (Å²) in [5, 5.41) is 6.66. The lowest BCUT2D eigenvalue weighted by molar-refractivity contribution is 0.355. The number of anilines is 2. The van der Waals surface area contributed by atoms with Crippen LogP contribution in [0.25, 0.3) is 0 Å². The van der Waals surface area contributed by atoms with Crippen LogP contribution in [0, 0.1) is 18.8 Å². The van der Waals surface area contributed by atoms with Gasteiger partial charge in [0, 0.05) is 24.8 Å². The van der Waals surface area contributed by atoms with Gasteiger partial charge in [-0.1, -0.05) is 13.8 Å². The Morgan fingerprint density at radius 3 is 2.76 bits per heavy atom.